The van der Waals surface area contributed by atoms with E-state index in [4.69, 9.17) is 0 Å². The van der Waals surface area contributed by atoms with Crippen molar-refractivity contribution in [1.29, 1.82) is 0 Å². The molecule has 0 spiro atoms. The van der Waals surface area contributed by atoms with Crippen LogP contribution in [0.1, 0.15) is 24.6 Å². The maximum atomic E-state index is 4.49. The average molecular weight is 224 g/mol. The minimum absolute atomic E-state index is 1.06. The lowest BCUT2D eigenvalue weighted by atomic mass is 10.3. The molecule has 3 heteroatoms. The molecule has 0 saturated carbocycles. The summed E-state index contributed by atoms with van der Waals surface area (Å²) in [5.41, 5.74) is 2.42. The normalized spacial score (nSPS) is 10.6. The van der Waals surface area contributed by atoms with Crippen LogP contribution in [-0.2, 0) is 0 Å². The van der Waals surface area contributed by atoms with Gasteiger partial charge in [-0.25, -0.2) is 4.98 Å². The van der Waals surface area contributed by atoms with Crippen molar-refractivity contribution in [2.24, 2.45) is 0 Å². The van der Waals surface area contributed by atoms with E-state index in [2.05, 4.69) is 43.2 Å². The fourth-order valence-electron chi connectivity index (χ4n) is 1.43. The van der Waals surface area contributed by atoms with Crippen molar-refractivity contribution in [2.75, 3.05) is 18.8 Å². The van der Waals surface area contributed by atoms with Gasteiger partial charge >= 0.3 is 0 Å². The van der Waals surface area contributed by atoms with E-state index in [1.54, 1.807) is 0 Å². The number of hydrogen-bond acceptors (Lipinski definition) is 3. The van der Waals surface area contributed by atoms with Gasteiger partial charge in [0.05, 0.1) is 5.03 Å². The number of aryl methyl sites for hydroxylation is 2. The number of rotatable bonds is 6. The van der Waals surface area contributed by atoms with Gasteiger partial charge < -0.3 is 5.32 Å². The van der Waals surface area contributed by atoms with Gasteiger partial charge in [0.25, 0.3) is 0 Å². The van der Waals surface area contributed by atoms with E-state index in [0.717, 1.165) is 29.6 Å². The van der Waals surface area contributed by atoms with Gasteiger partial charge in [0.1, 0.15) is 0 Å². The van der Waals surface area contributed by atoms with Crippen molar-refractivity contribution < 1.29 is 0 Å². The molecular weight excluding hydrogens is 204 g/mol. The molecule has 84 valence electrons. The quantitative estimate of drug-likeness (QED) is 0.594. The molecule has 2 nitrogen and oxygen atoms in total. The molecular formula is C12H20N2S. The SMILES string of the molecule is CCNCCCSc1cc(C)cc(C)n1. The smallest absolute Gasteiger partial charge is 0.0965 e. The van der Waals surface area contributed by atoms with Crippen LogP contribution in [0.5, 0.6) is 0 Å². The van der Waals surface area contributed by atoms with Crippen molar-refractivity contribution in [1.82, 2.24) is 10.3 Å². The Morgan fingerprint density at radius 2 is 2.13 bits per heavy atom. The topological polar surface area (TPSA) is 24.9 Å². The highest BCUT2D eigenvalue weighted by Gasteiger charge is 1.98. The number of hydrogen-bond donors (Lipinski definition) is 1. The van der Waals surface area contributed by atoms with Crippen molar-refractivity contribution in [3.8, 4) is 0 Å². The van der Waals surface area contributed by atoms with Gasteiger partial charge in [0.2, 0.25) is 0 Å². The van der Waals surface area contributed by atoms with Crippen LogP contribution in [0.2, 0.25) is 0 Å². The van der Waals surface area contributed by atoms with Gasteiger partial charge in [0, 0.05) is 11.4 Å². The molecule has 1 aromatic rings. The predicted molar refractivity (Wildman–Crippen MR) is 67.6 cm³/mol. The minimum Gasteiger partial charge on any atom is -0.317 e. The summed E-state index contributed by atoms with van der Waals surface area (Å²) in [5.74, 6) is 1.14. The maximum Gasteiger partial charge on any atom is 0.0965 e. The third kappa shape index (κ3) is 5.19. The predicted octanol–water partition coefficient (Wildman–Crippen LogP) is 2.79. The van der Waals surface area contributed by atoms with E-state index in [1.807, 2.05) is 11.8 Å². The first-order valence-electron chi connectivity index (χ1n) is 5.51. The number of nitrogens with zero attached hydrogens (tertiary/aromatic N) is 1. The molecule has 0 saturated heterocycles. The number of nitrogens with one attached hydrogen (secondary N) is 1. The molecule has 0 fully saturated rings. The van der Waals surface area contributed by atoms with Crippen LogP contribution in [0, 0.1) is 13.8 Å². The van der Waals surface area contributed by atoms with Crippen LogP contribution < -0.4 is 5.32 Å². The molecule has 0 aliphatic rings. The third-order valence-electron chi connectivity index (χ3n) is 2.07. The van der Waals surface area contributed by atoms with E-state index in [-0.39, 0.29) is 0 Å². The lowest BCUT2D eigenvalue weighted by Gasteiger charge is -2.04. The Morgan fingerprint density at radius 3 is 2.80 bits per heavy atom. The van der Waals surface area contributed by atoms with Crippen LogP contribution in [-0.4, -0.2) is 23.8 Å². The van der Waals surface area contributed by atoms with Crippen LogP contribution in [0.4, 0.5) is 0 Å². The molecule has 0 atom stereocenters. The van der Waals surface area contributed by atoms with Gasteiger partial charge in [0.15, 0.2) is 0 Å². The lowest BCUT2D eigenvalue weighted by molar-refractivity contribution is 0.707. The van der Waals surface area contributed by atoms with Crippen molar-refractivity contribution >= 4 is 11.8 Å². The summed E-state index contributed by atoms with van der Waals surface area (Å²) >= 11 is 1.85. The van der Waals surface area contributed by atoms with Crippen molar-refractivity contribution in [2.45, 2.75) is 32.2 Å². The Bertz CT molecular complexity index is 279. The molecule has 0 aromatic carbocycles. The maximum absolute atomic E-state index is 4.49. The fraction of sp³-hybridized carbons (Fsp3) is 0.583. The molecule has 0 aliphatic heterocycles. The van der Waals surface area contributed by atoms with Crippen molar-refractivity contribution in [3.63, 3.8) is 0 Å². The highest BCUT2D eigenvalue weighted by Crippen LogP contribution is 2.17. The largest absolute Gasteiger partial charge is 0.317 e. The highest BCUT2D eigenvalue weighted by molar-refractivity contribution is 7.99. The Morgan fingerprint density at radius 1 is 1.33 bits per heavy atom. The molecule has 0 bridgehead atoms. The molecule has 1 N–H and O–H groups in total. The first kappa shape index (κ1) is 12.5. The van der Waals surface area contributed by atoms with E-state index < -0.39 is 0 Å². The molecule has 0 aliphatic carbocycles. The molecule has 15 heavy (non-hydrogen) atoms. The summed E-state index contributed by atoms with van der Waals surface area (Å²) in [4.78, 5) is 4.49. The minimum atomic E-state index is 1.06. The third-order valence-corrected chi connectivity index (χ3v) is 3.07. The molecule has 1 aromatic heterocycles. The first-order valence-corrected chi connectivity index (χ1v) is 6.49. The van der Waals surface area contributed by atoms with Gasteiger partial charge in [-0.15, -0.1) is 11.8 Å². The Hall–Kier alpha value is -0.540. The summed E-state index contributed by atoms with van der Waals surface area (Å²) in [5, 5.41) is 4.48. The zero-order valence-corrected chi connectivity index (χ0v) is 10.7. The van der Waals surface area contributed by atoms with Gasteiger partial charge in [-0.1, -0.05) is 6.92 Å². The summed E-state index contributed by atoms with van der Waals surface area (Å²) in [6.07, 6.45) is 1.20. The molecule has 0 unspecified atom stereocenters. The molecule has 0 amide bonds. The summed E-state index contributed by atoms with van der Waals surface area (Å²) in [6.45, 7) is 8.48. The second-order valence-electron chi connectivity index (χ2n) is 3.68. The summed E-state index contributed by atoms with van der Waals surface area (Å²) in [6, 6.07) is 4.27. The van der Waals surface area contributed by atoms with E-state index in [1.165, 1.54) is 12.0 Å². The van der Waals surface area contributed by atoms with Crippen LogP contribution >= 0.6 is 11.8 Å². The second kappa shape index (κ2) is 6.85. The zero-order valence-electron chi connectivity index (χ0n) is 9.84. The summed E-state index contributed by atoms with van der Waals surface area (Å²) < 4.78 is 0. The number of thioether (sulfide) groups is 1. The number of aromatic nitrogens is 1. The molecule has 1 heterocycles. The van der Waals surface area contributed by atoms with Crippen molar-refractivity contribution in [3.05, 3.63) is 23.4 Å². The summed E-state index contributed by atoms with van der Waals surface area (Å²) in [7, 11) is 0. The van der Waals surface area contributed by atoms with Gasteiger partial charge in [-0.05, 0) is 51.1 Å². The lowest BCUT2D eigenvalue weighted by Crippen LogP contribution is -2.14. The Kier molecular flexibility index (Phi) is 5.73. The number of pyridine rings is 1. The monoisotopic (exact) mass is 224 g/mol. The Labute approximate surface area is 96.9 Å². The van der Waals surface area contributed by atoms with Crippen LogP contribution in [0.25, 0.3) is 0 Å². The van der Waals surface area contributed by atoms with Crippen LogP contribution in [0.15, 0.2) is 17.2 Å². The molecule has 1 rings (SSSR count). The molecule has 0 radical (unpaired) electrons. The zero-order chi connectivity index (χ0) is 11.1. The van der Waals surface area contributed by atoms with E-state index >= 15 is 0 Å². The first-order chi connectivity index (χ1) is 7.22. The average Bonchev–Trinajstić information content (AvgIpc) is 2.16. The fourth-order valence-corrected chi connectivity index (χ4v) is 2.40. The van der Waals surface area contributed by atoms with E-state index in [9.17, 15) is 0 Å². The standard InChI is InChI=1S/C12H20N2S/c1-4-13-6-5-7-15-12-9-10(2)8-11(3)14-12/h8-9,13H,4-7H2,1-3H3. The van der Waals surface area contributed by atoms with Crippen LogP contribution in [0.3, 0.4) is 0 Å². The Balaban J connectivity index is 2.31. The highest BCUT2D eigenvalue weighted by atomic mass is 32.2. The van der Waals surface area contributed by atoms with Gasteiger partial charge in [-0.2, -0.15) is 0 Å². The second-order valence-corrected chi connectivity index (χ2v) is 4.79. The van der Waals surface area contributed by atoms with Gasteiger partial charge in [-0.3, -0.25) is 0 Å². The van der Waals surface area contributed by atoms with E-state index in [0.29, 0.717) is 0 Å².